The van der Waals surface area contributed by atoms with E-state index in [9.17, 15) is 4.79 Å². The molecule has 1 heterocycles. The number of H-pyrrole nitrogens is 1. The van der Waals surface area contributed by atoms with E-state index in [1.54, 1.807) is 0 Å². The Labute approximate surface area is 121 Å². The van der Waals surface area contributed by atoms with Crippen LogP contribution in [-0.4, -0.2) is 10.8 Å². The molecular weight excluding hydrogens is 302 g/mol. The first kappa shape index (κ1) is 12.9. The van der Waals surface area contributed by atoms with Crippen LogP contribution in [0.3, 0.4) is 0 Å². The molecule has 1 N–H and O–H groups in total. The number of aromatic amines is 1. The Kier molecular flexibility index (Phi) is 2.53. The van der Waals surface area contributed by atoms with Crippen LogP contribution >= 0.6 is 15.9 Å². The molecule has 1 aliphatic rings. The zero-order chi connectivity index (χ0) is 14.0. The molecule has 0 saturated heterocycles. The fourth-order valence-electron chi connectivity index (χ4n) is 3.31. The molecule has 0 aliphatic heterocycles. The van der Waals surface area contributed by atoms with Gasteiger partial charge in [-0.3, -0.25) is 4.79 Å². The normalized spacial score (nSPS) is 20.7. The van der Waals surface area contributed by atoms with Crippen molar-refractivity contribution in [1.29, 1.82) is 0 Å². The first-order valence-electron chi connectivity index (χ1n) is 6.57. The molecule has 2 aromatic rings. The maximum absolute atomic E-state index is 12.8. The predicted molar refractivity (Wildman–Crippen MR) is 81.4 cm³/mol. The molecule has 100 valence electrons. The van der Waals surface area contributed by atoms with Crippen molar-refractivity contribution in [2.24, 2.45) is 16.7 Å². The molecule has 1 aliphatic carbocycles. The molecule has 0 bridgehead atoms. The van der Waals surface area contributed by atoms with Gasteiger partial charge in [-0.1, -0.05) is 49.7 Å². The van der Waals surface area contributed by atoms with Gasteiger partial charge in [0.05, 0.1) is 0 Å². The SMILES string of the molecule is CC1(C)C(C(=O)c2c[nH]c3cc(Br)ccc23)C1(C)C. The van der Waals surface area contributed by atoms with Crippen molar-refractivity contribution in [3.8, 4) is 0 Å². The number of benzene rings is 1. The summed E-state index contributed by atoms with van der Waals surface area (Å²) in [7, 11) is 0. The predicted octanol–water partition coefficient (Wildman–Crippen LogP) is 4.80. The van der Waals surface area contributed by atoms with E-state index in [4.69, 9.17) is 0 Å². The summed E-state index contributed by atoms with van der Waals surface area (Å²) in [5.74, 6) is 0.381. The molecule has 1 aromatic carbocycles. The topological polar surface area (TPSA) is 32.9 Å². The number of hydrogen-bond donors (Lipinski definition) is 1. The molecule has 0 atom stereocenters. The Morgan fingerprint density at radius 2 is 1.84 bits per heavy atom. The average molecular weight is 320 g/mol. The van der Waals surface area contributed by atoms with Gasteiger partial charge in [0, 0.05) is 33.1 Å². The second-order valence-corrected chi connectivity index (χ2v) is 7.55. The summed E-state index contributed by atoms with van der Waals surface area (Å²) in [5, 5.41) is 1.02. The van der Waals surface area contributed by atoms with E-state index in [1.807, 2.05) is 24.4 Å². The molecule has 3 heteroatoms. The number of fused-ring (bicyclic) bond motifs is 1. The fraction of sp³-hybridized carbons (Fsp3) is 0.438. The first-order valence-corrected chi connectivity index (χ1v) is 7.37. The van der Waals surface area contributed by atoms with Crippen LogP contribution in [0.1, 0.15) is 38.1 Å². The molecule has 1 saturated carbocycles. The van der Waals surface area contributed by atoms with Gasteiger partial charge in [-0.15, -0.1) is 0 Å². The minimum absolute atomic E-state index is 0.0863. The minimum Gasteiger partial charge on any atom is -0.360 e. The van der Waals surface area contributed by atoms with Gasteiger partial charge in [0.1, 0.15) is 0 Å². The van der Waals surface area contributed by atoms with Gasteiger partial charge < -0.3 is 4.98 Å². The van der Waals surface area contributed by atoms with Crippen molar-refractivity contribution in [2.45, 2.75) is 27.7 Å². The fourth-order valence-corrected chi connectivity index (χ4v) is 3.67. The van der Waals surface area contributed by atoms with E-state index in [0.29, 0.717) is 0 Å². The maximum Gasteiger partial charge on any atom is 0.169 e. The molecule has 0 unspecified atom stereocenters. The lowest BCUT2D eigenvalue weighted by Crippen LogP contribution is -2.06. The van der Waals surface area contributed by atoms with Crippen LogP contribution < -0.4 is 0 Å². The van der Waals surface area contributed by atoms with Gasteiger partial charge in [-0.2, -0.15) is 0 Å². The highest BCUT2D eigenvalue weighted by atomic mass is 79.9. The lowest BCUT2D eigenvalue weighted by molar-refractivity contribution is 0.0947. The van der Waals surface area contributed by atoms with Crippen LogP contribution in [0, 0.1) is 16.7 Å². The van der Waals surface area contributed by atoms with Crippen LogP contribution in [0.25, 0.3) is 10.9 Å². The number of aromatic nitrogens is 1. The van der Waals surface area contributed by atoms with Crippen molar-refractivity contribution in [1.82, 2.24) is 4.98 Å². The Hall–Kier alpha value is -1.09. The van der Waals surface area contributed by atoms with E-state index in [0.717, 1.165) is 20.9 Å². The lowest BCUT2D eigenvalue weighted by Gasteiger charge is -2.03. The standard InChI is InChI=1S/C16H18BrNO/c1-15(2)14(16(15,3)4)13(19)11-8-18-12-7-9(17)5-6-10(11)12/h5-8,14,18H,1-4H3. The van der Waals surface area contributed by atoms with E-state index in [1.165, 1.54) is 0 Å². The van der Waals surface area contributed by atoms with E-state index < -0.39 is 0 Å². The van der Waals surface area contributed by atoms with Gasteiger partial charge in [-0.25, -0.2) is 0 Å². The van der Waals surface area contributed by atoms with Crippen LogP contribution in [-0.2, 0) is 0 Å². The van der Waals surface area contributed by atoms with Crippen LogP contribution in [0.2, 0.25) is 0 Å². The first-order chi connectivity index (χ1) is 8.76. The zero-order valence-corrected chi connectivity index (χ0v) is 13.3. The quantitative estimate of drug-likeness (QED) is 0.793. The number of halogens is 1. The Bertz CT molecular complexity index is 667. The summed E-state index contributed by atoms with van der Waals surface area (Å²) < 4.78 is 1.02. The molecule has 3 rings (SSSR count). The molecule has 0 spiro atoms. The number of nitrogens with one attached hydrogen (secondary N) is 1. The van der Waals surface area contributed by atoms with Crippen molar-refractivity contribution >= 4 is 32.6 Å². The molecular formula is C16H18BrNO. The summed E-state index contributed by atoms with van der Waals surface area (Å²) in [5.41, 5.74) is 2.01. The van der Waals surface area contributed by atoms with Crippen LogP contribution in [0.5, 0.6) is 0 Å². The summed E-state index contributed by atoms with van der Waals surface area (Å²) in [6.07, 6.45) is 1.85. The highest BCUT2D eigenvalue weighted by Crippen LogP contribution is 2.69. The van der Waals surface area contributed by atoms with E-state index >= 15 is 0 Å². The molecule has 1 aromatic heterocycles. The Morgan fingerprint density at radius 1 is 1.21 bits per heavy atom. The molecule has 1 fully saturated rings. The smallest absolute Gasteiger partial charge is 0.169 e. The van der Waals surface area contributed by atoms with E-state index in [-0.39, 0.29) is 22.5 Å². The number of carbonyl (C=O) groups is 1. The highest BCUT2D eigenvalue weighted by Gasteiger charge is 2.68. The van der Waals surface area contributed by atoms with Gasteiger partial charge in [0.15, 0.2) is 5.78 Å². The zero-order valence-electron chi connectivity index (χ0n) is 11.7. The van der Waals surface area contributed by atoms with Gasteiger partial charge in [0.25, 0.3) is 0 Å². The van der Waals surface area contributed by atoms with Crippen molar-refractivity contribution in [3.05, 3.63) is 34.4 Å². The second kappa shape index (κ2) is 3.72. The van der Waals surface area contributed by atoms with Crippen LogP contribution in [0.15, 0.2) is 28.9 Å². The largest absolute Gasteiger partial charge is 0.360 e. The van der Waals surface area contributed by atoms with Gasteiger partial charge >= 0.3 is 0 Å². The third-order valence-corrected chi connectivity index (χ3v) is 5.69. The molecule has 0 amide bonds. The highest BCUT2D eigenvalue weighted by molar-refractivity contribution is 9.10. The van der Waals surface area contributed by atoms with E-state index in [2.05, 4.69) is 48.6 Å². The third-order valence-electron chi connectivity index (χ3n) is 5.19. The molecule has 0 radical (unpaired) electrons. The Morgan fingerprint density at radius 3 is 2.42 bits per heavy atom. The maximum atomic E-state index is 12.8. The van der Waals surface area contributed by atoms with Crippen molar-refractivity contribution in [2.75, 3.05) is 0 Å². The minimum atomic E-state index is 0.0863. The van der Waals surface area contributed by atoms with Gasteiger partial charge in [0.2, 0.25) is 0 Å². The number of Topliss-reactive ketones (excluding diaryl/α,β-unsaturated/α-hetero) is 1. The Balaban J connectivity index is 2.05. The van der Waals surface area contributed by atoms with Crippen molar-refractivity contribution < 1.29 is 4.79 Å². The summed E-state index contributed by atoms with van der Waals surface area (Å²) in [6.45, 7) is 8.73. The van der Waals surface area contributed by atoms with Gasteiger partial charge in [-0.05, 0) is 23.0 Å². The number of hydrogen-bond acceptors (Lipinski definition) is 1. The lowest BCUT2D eigenvalue weighted by atomic mass is 10.0. The molecule has 19 heavy (non-hydrogen) atoms. The summed E-state index contributed by atoms with van der Waals surface area (Å²) >= 11 is 3.45. The average Bonchev–Trinajstić information content (AvgIpc) is 2.63. The number of carbonyl (C=O) groups excluding carboxylic acids is 1. The monoisotopic (exact) mass is 319 g/mol. The second-order valence-electron chi connectivity index (χ2n) is 6.63. The number of rotatable bonds is 2. The molecule has 2 nitrogen and oxygen atoms in total. The summed E-state index contributed by atoms with van der Waals surface area (Å²) in [4.78, 5) is 16.0. The van der Waals surface area contributed by atoms with Crippen LogP contribution in [0.4, 0.5) is 0 Å². The third kappa shape index (κ3) is 1.64. The summed E-state index contributed by atoms with van der Waals surface area (Å²) in [6, 6.07) is 6.00. The van der Waals surface area contributed by atoms with Crippen molar-refractivity contribution in [3.63, 3.8) is 0 Å². The number of ketones is 1.